The van der Waals surface area contributed by atoms with Gasteiger partial charge in [-0.15, -0.1) is 0 Å². The number of carbonyl (C=O) groups is 1. The SMILES string of the molecule is Cc1ccc(C(=O)N(C)C(C)(C)CBr)c(Br)c1. The van der Waals surface area contributed by atoms with E-state index in [0.717, 1.165) is 15.4 Å². The molecule has 0 radical (unpaired) electrons. The maximum atomic E-state index is 12.4. The van der Waals surface area contributed by atoms with Crippen LogP contribution in [0.4, 0.5) is 0 Å². The molecule has 0 heterocycles. The number of halogens is 2. The monoisotopic (exact) mass is 361 g/mol. The Kier molecular flexibility index (Phi) is 4.78. The fourth-order valence-corrected chi connectivity index (χ4v) is 2.38. The highest BCUT2D eigenvalue weighted by atomic mass is 79.9. The minimum absolute atomic E-state index is 0.0290. The molecule has 17 heavy (non-hydrogen) atoms. The van der Waals surface area contributed by atoms with Crippen LogP contribution < -0.4 is 0 Å². The summed E-state index contributed by atoms with van der Waals surface area (Å²) in [4.78, 5) is 14.1. The first-order valence-electron chi connectivity index (χ1n) is 5.40. The summed E-state index contributed by atoms with van der Waals surface area (Å²) in [7, 11) is 1.83. The van der Waals surface area contributed by atoms with Crippen molar-refractivity contribution in [3.63, 3.8) is 0 Å². The molecule has 0 aliphatic rings. The van der Waals surface area contributed by atoms with Crippen LogP contribution in [0.3, 0.4) is 0 Å². The van der Waals surface area contributed by atoms with E-state index in [9.17, 15) is 4.79 Å². The van der Waals surface area contributed by atoms with Gasteiger partial charge in [0.2, 0.25) is 0 Å². The topological polar surface area (TPSA) is 20.3 Å². The van der Waals surface area contributed by atoms with Crippen LogP contribution in [-0.2, 0) is 0 Å². The van der Waals surface area contributed by atoms with Gasteiger partial charge in [-0.25, -0.2) is 0 Å². The van der Waals surface area contributed by atoms with Gasteiger partial charge in [0.05, 0.1) is 5.56 Å². The quantitative estimate of drug-likeness (QED) is 0.744. The van der Waals surface area contributed by atoms with Crippen molar-refractivity contribution in [2.75, 3.05) is 12.4 Å². The Hall–Kier alpha value is -0.350. The van der Waals surface area contributed by atoms with E-state index >= 15 is 0 Å². The number of hydrogen-bond donors (Lipinski definition) is 0. The molecule has 1 aromatic rings. The predicted molar refractivity (Wildman–Crippen MR) is 78.8 cm³/mol. The minimum atomic E-state index is -0.207. The zero-order valence-corrected chi connectivity index (χ0v) is 13.7. The molecule has 94 valence electrons. The Morgan fingerprint density at radius 3 is 2.47 bits per heavy atom. The highest BCUT2D eigenvalue weighted by molar-refractivity contribution is 9.10. The van der Waals surface area contributed by atoms with Crippen molar-refractivity contribution in [3.05, 3.63) is 33.8 Å². The molecule has 0 spiro atoms. The summed E-state index contributed by atoms with van der Waals surface area (Å²) in [6.07, 6.45) is 0. The van der Waals surface area contributed by atoms with Gasteiger partial charge in [-0.1, -0.05) is 22.0 Å². The standard InChI is InChI=1S/C13H17Br2NO/c1-9-5-6-10(11(15)7-9)12(17)16(4)13(2,3)8-14/h5-7H,8H2,1-4H3. The molecule has 0 fully saturated rings. The number of benzene rings is 1. The summed E-state index contributed by atoms with van der Waals surface area (Å²) in [5.41, 5.74) is 1.63. The lowest BCUT2D eigenvalue weighted by molar-refractivity contribution is 0.0662. The minimum Gasteiger partial charge on any atom is -0.336 e. The van der Waals surface area contributed by atoms with Gasteiger partial charge in [0, 0.05) is 22.4 Å². The van der Waals surface area contributed by atoms with E-state index in [2.05, 4.69) is 31.9 Å². The largest absolute Gasteiger partial charge is 0.336 e. The van der Waals surface area contributed by atoms with Gasteiger partial charge < -0.3 is 4.90 Å². The van der Waals surface area contributed by atoms with Crippen molar-refractivity contribution < 1.29 is 4.79 Å². The van der Waals surface area contributed by atoms with E-state index in [1.807, 2.05) is 46.0 Å². The predicted octanol–water partition coefficient (Wildman–Crippen LogP) is 4.00. The van der Waals surface area contributed by atoms with Gasteiger partial charge in [0.25, 0.3) is 5.91 Å². The number of aryl methyl sites for hydroxylation is 1. The zero-order chi connectivity index (χ0) is 13.2. The molecule has 0 aromatic heterocycles. The summed E-state index contributed by atoms with van der Waals surface area (Å²) in [5, 5.41) is 0.742. The second kappa shape index (κ2) is 5.53. The summed E-state index contributed by atoms with van der Waals surface area (Å²) in [5.74, 6) is 0.0290. The molecule has 0 saturated carbocycles. The Balaban J connectivity index is 3.05. The van der Waals surface area contributed by atoms with Crippen LogP contribution in [-0.4, -0.2) is 28.7 Å². The van der Waals surface area contributed by atoms with Crippen LogP contribution in [0.2, 0.25) is 0 Å². The second-order valence-corrected chi connectivity index (χ2v) is 6.21. The van der Waals surface area contributed by atoms with Crippen molar-refractivity contribution >= 4 is 37.8 Å². The maximum absolute atomic E-state index is 12.4. The molecule has 0 unspecified atom stereocenters. The van der Waals surface area contributed by atoms with E-state index in [0.29, 0.717) is 5.56 Å². The zero-order valence-electron chi connectivity index (χ0n) is 10.6. The number of alkyl halides is 1. The second-order valence-electron chi connectivity index (χ2n) is 4.79. The Bertz CT molecular complexity index is 429. The molecule has 0 atom stereocenters. The van der Waals surface area contributed by atoms with Gasteiger partial charge >= 0.3 is 0 Å². The lowest BCUT2D eigenvalue weighted by Gasteiger charge is -2.34. The molecule has 4 heteroatoms. The van der Waals surface area contributed by atoms with Gasteiger partial charge in [0.15, 0.2) is 0 Å². The van der Waals surface area contributed by atoms with Gasteiger partial charge in [-0.2, -0.15) is 0 Å². The Labute approximate surface area is 120 Å². The number of hydrogen-bond acceptors (Lipinski definition) is 1. The number of amides is 1. The maximum Gasteiger partial charge on any atom is 0.255 e. The van der Waals surface area contributed by atoms with Crippen molar-refractivity contribution in [1.29, 1.82) is 0 Å². The normalized spacial score (nSPS) is 11.4. The molecule has 1 aromatic carbocycles. The summed E-state index contributed by atoms with van der Waals surface area (Å²) < 4.78 is 0.847. The summed E-state index contributed by atoms with van der Waals surface area (Å²) in [6, 6.07) is 5.78. The molecular weight excluding hydrogens is 346 g/mol. The first-order chi connectivity index (χ1) is 7.79. The molecule has 0 bridgehead atoms. The van der Waals surface area contributed by atoms with E-state index in [4.69, 9.17) is 0 Å². The van der Waals surface area contributed by atoms with Crippen LogP contribution in [0.1, 0.15) is 29.8 Å². The smallest absolute Gasteiger partial charge is 0.255 e. The van der Waals surface area contributed by atoms with Gasteiger partial charge in [-0.3, -0.25) is 4.79 Å². The average Bonchev–Trinajstić information content (AvgIpc) is 2.27. The lowest BCUT2D eigenvalue weighted by Crippen LogP contribution is -2.46. The summed E-state index contributed by atoms with van der Waals surface area (Å²) in [6.45, 7) is 6.06. The average molecular weight is 363 g/mol. The van der Waals surface area contributed by atoms with Crippen molar-refractivity contribution in [2.45, 2.75) is 26.3 Å². The van der Waals surface area contributed by atoms with Crippen molar-refractivity contribution in [3.8, 4) is 0 Å². The lowest BCUT2D eigenvalue weighted by atomic mass is 10.0. The van der Waals surface area contributed by atoms with Gasteiger partial charge in [0.1, 0.15) is 0 Å². The fourth-order valence-electron chi connectivity index (χ4n) is 1.34. The molecule has 0 aliphatic heterocycles. The third-order valence-corrected chi connectivity index (χ3v) is 4.92. The molecular formula is C13H17Br2NO. The molecule has 0 aliphatic carbocycles. The third kappa shape index (κ3) is 3.32. The highest BCUT2D eigenvalue weighted by Gasteiger charge is 2.28. The van der Waals surface area contributed by atoms with Crippen LogP contribution in [0.15, 0.2) is 22.7 Å². The number of nitrogens with zero attached hydrogens (tertiary/aromatic N) is 1. The number of rotatable bonds is 3. The van der Waals surface area contributed by atoms with Crippen LogP contribution in [0, 0.1) is 6.92 Å². The highest BCUT2D eigenvalue weighted by Crippen LogP contribution is 2.23. The number of carbonyl (C=O) groups excluding carboxylic acids is 1. The first-order valence-corrected chi connectivity index (χ1v) is 7.31. The van der Waals surface area contributed by atoms with Crippen molar-refractivity contribution in [1.82, 2.24) is 4.90 Å². The molecule has 0 saturated heterocycles. The van der Waals surface area contributed by atoms with E-state index in [1.54, 1.807) is 4.90 Å². The van der Waals surface area contributed by atoms with E-state index in [-0.39, 0.29) is 11.4 Å². The molecule has 2 nitrogen and oxygen atoms in total. The molecule has 1 amide bonds. The molecule has 0 N–H and O–H groups in total. The van der Waals surface area contributed by atoms with Crippen LogP contribution >= 0.6 is 31.9 Å². The van der Waals surface area contributed by atoms with Crippen molar-refractivity contribution in [2.24, 2.45) is 0 Å². The third-order valence-electron chi connectivity index (χ3n) is 2.89. The Morgan fingerprint density at radius 1 is 1.41 bits per heavy atom. The molecule has 1 rings (SSSR count). The Morgan fingerprint density at radius 2 is 2.00 bits per heavy atom. The van der Waals surface area contributed by atoms with Crippen LogP contribution in [0.25, 0.3) is 0 Å². The fraction of sp³-hybridized carbons (Fsp3) is 0.462. The van der Waals surface area contributed by atoms with E-state index in [1.165, 1.54) is 0 Å². The van der Waals surface area contributed by atoms with Crippen LogP contribution in [0.5, 0.6) is 0 Å². The van der Waals surface area contributed by atoms with E-state index < -0.39 is 0 Å². The summed E-state index contributed by atoms with van der Waals surface area (Å²) >= 11 is 6.88. The first kappa shape index (κ1) is 14.7. The van der Waals surface area contributed by atoms with Gasteiger partial charge in [-0.05, 0) is 54.4 Å².